The van der Waals surface area contributed by atoms with Gasteiger partial charge in [0.2, 0.25) is 18.6 Å². The van der Waals surface area contributed by atoms with E-state index in [-0.39, 0.29) is 30.9 Å². The summed E-state index contributed by atoms with van der Waals surface area (Å²) in [4.78, 5) is 26.8. The standard InChI is InChI=1S/C21H22N2O4/c1-13-4-3-5-17(14(13)2)22-21(25)16-9-20(24)23(11-16)10-15-6-7-18-19(8-15)27-12-26-18/h3-8,16H,9-12H2,1-2H3,(H,22,25). The molecule has 27 heavy (non-hydrogen) atoms. The lowest BCUT2D eigenvalue weighted by Gasteiger charge is -2.17. The summed E-state index contributed by atoms with van der Waals surface area (Å²) < 4.78 is 10.7. The van der Waals surface area contributed by atoms with E-state index in [1.54, 1.807) is 4.90 Å². The van der Waals surface area contributed by atoms with Crippen molar-refractivity contribution < 1.29 is 19.1 Å². The van der Waals surface area contributed by atoms with E-state index in [2.05, 4.69) is 5.32 Å². The average molecular weight is 366 g/mol. The first-order valence-corrected chi connectivity index (χ1v) is 9.04. The van der Waals surface area contributed by atoms with E-state index in [1.165, 1.54) is 0 Å². The monoisotopic (exact) mass is 366 g/mol. The van der Waals surface area contributed by atoms with Crippen LogP contribution in [0, 0.1) is 19.8 Å². The van der Waals surface area contributed by atoms with Gasteiger partial charge in [-0.25, -0.2) is 0 Å². The van der Waals surface area contributed by atoms with Crippen LogP contribution in [0.25, 0.3) is 0 Å². The number of carbonyl (C=O) groups excluding carboxylic acids is 2. The molecule has 0 saturated carbocycles. The van der Waals surface area contributed by atoms with Crippen LogP contribution >= 0.6 is 0 Å². The van der Waals surface area contributed by atoms with Crippen LogP contribution in [0.1, 0.15) is 23.1 Å². The zero-order chi connectivity index (χ0) is 19.0. The van der Waals surface area contributed by atoms with Crippen molar-refractivity contribution in [3.05, 3.63) is 53.1 Å². The molecule has 6 nitrogen and oxygen atoms in total. The van der Waals surface area contributed by atoms with Crippen molar-refractivity contribution in [3.8, 4) is 11.5 Å². The summed E-state index contributed by atoms with van der Waals surface area (Å²) in [5.41, 5.74) is 3.94. The Morgan fingerprint density at radius 2 is 2.00 bits per heavy atom. The molecule has 2 aliphatic heterocycles. The summed E-state index contributed by atoms with van der Waals surface area (Å²) in [6.45, 7) is 5.10. The van der Waals surface area contributed by atoms with Crippen molar-refractivity contribution >= 4 is 17.5 Å². The molecule has 1 N–H and O–H groups in total. The summed E-state index contributed by atoms with van der Waals surface area (Å²) in [5.74, 6) is 0.964. The van der Waals surface area contributed by atoms with Gasteiger partial charge in [0.05, 0.1) is 5.92 Å². The molecule has 2 heterocycles. The molecular formula is C21H22N2O4. The number of likely N-dealkylation sites (tertiary alicyclic amines) is 1. The normalized spacial score (nSPS) is 18.1. The highest BCUT2D eigenvalue weighted by atomic mass is 16.7. The fourth-order valence-electron chi connectivity index (χ4n) is 3.48. The van der Waals surface area contributed by atoms with Gasteiger partial charge in [-0.1, -0.05) is 18.2 Å². The number of ether oxygens (including phenoxy) is 2. The first-order chi connectivity index (χ1) is 13.0. The Balaban J connectivity index is 1.41. The van der Waals surface area contributed by atoms with E-state index < -0.39 is 0 Å². The van der Waals surface area contributed by atoms with E-state index in [1.807, 2.05) is 50.2 Å². The number of hydrogen-bond acceptors (Lipinski definition) is 4. The second-order valence-corrected chi connectivity index (χ2v) is 7.10. The predicted molar refractivity (Wildman–Crippen MR) is 101 cm³/mol. The number of aryl methyl sites for hydroxylation is 1. The molecule has 4 rings (SSSR count). The molecule has 0 aliphatic carbocycles. The van der Waals surface area contributed by atoms with Crippen molar-refractivity contribution in [2.45, 2.75) is 26.8 Å². The molecule has 1 saturated heterocycles. The first-order valence-electron chi connectivity index (χ1n) is 9.04. The molecule has 0 radical (unpaired) electrons. The molecule has 2 aliphatic rings. The number of nitrogens with one attached hydrogen (secondary N) is 1. The number of nitrogens with zero attached hydrogens (tertiary/aromatic N) is 1. The fourth-order valence-corrected chi connectivity index (χ4v) is 3.48. The van der Waals surface area contributed by atoms with Gasteiger partial charge in [0, 0.05) is 25.2 Å². The van der Waals surface area contributed by atoms with Crippen LogP contribution in [-0.4, -0.2) is 30.1 Å². The highest BCUT2D eigenvalue weighted by molar-refractivity contribution is 5.97. The Hall–Kier alpha value is -3.02. The minimum Gasteiger partial charge on any atom is -0.454 e. The Bertz CT molecular complexity index is 909. The van der Waals surface area contributed by atoms with Crippen LogP contribution in [0.3, 0.4) is 0 Å². The minimum absolute atomic E-state index is 0.00576. The third-order valence-electron chi connectivity index (χ3n) is 5.26. The maximum absolute atomic E-state index is 12.6. The molecule has 140 valence electrons. The summed E-state index contributed by atoms with van der Waals surface area (Å²) >= 11 is 0. The van der Waals surface area contributed by atoms with Crippen LogP contribution in [0.15, 0.2) is 36.4 Å². The van der Waals surface area contributed by atoms with Gasteiger partial charge in [0.1, 0.15) is 0 Å². The van der Waals surface area contributed by atoms with Crippen molar-refractivity contribution in [2.24, 2.45) is 5.92 Å². The number of anilines is 1. The molecule has 1 atom stereocenters. The molecule has 1 unspecified atom stereocenters. The Labute approximate surface area is 158 Å². The minimum atomic E-state index is -0.341. The number of amides is 2. The third-order valence-corrected chi connectivity index (χ3v) is 5.26. The topological polar surface area (TPSA) is 67.9 Å². The van der Waals surface area contributed by atoms with Crippen molar-refractivity contribution in [2.75, 3.05) is 18.7 Å². The van der Waals surface area contributed by atoms with Gasteiger partial charge in [-0.05, 0) is 48.7 Å². The van der Waals surface area contributed by atoms with Gasteiger partial charge >= 0.3 is 0 Å². The number of hydrogen-bond donors (Lipinski definition) is 1. The first kappa shape index (κ1) is 17.4. The molecular weight excluding hydrogens is 344 g/mol. The van der Waals surface area contributed by atoms with Gasteiger partial charge in [-0.15, -0.1) is 0 Å². The van der Waals surface area contributed by atoms with Crippen molar-refractivity contribution in [1.82, 2.24) is 4.90 Å². The Morgan fingerprint density at radius 1 is 1.19 bits per heavy atom. The maximum Gasteiger partial charge on any atom is 0.231 e. The predicted octanol–water partition coefficient (Wildman–Crippen LogP) is 3.02. The molecule has 0 aromatic heterocycles. The molecule has 0 spiro atoms. The van der Waals surface area contributed by atoms with E-state index in [0.29, 0.717) is 18.8 Å². The highest BCUT2D eigenvalue weighted by Crippen LogP contribution is 2.33. The number of benzene rings is 2. The van der Waals surface area contributed by atoms with Gasteiger partial charge < -0.3 is 19.7 Å². The zero-order valence-corrected chi connectivity index (χ0v) is 15.5. The van der Waals surface area contributed by atoms with Crippen LogP contribution < -0.4 is 14.8 Å². The summed E-state index contributed by atoms with van der Waals surface area (Å²) in [7, 11) is 0. The number of carbonyl (C=O) groups is 2. The van der Waals surface area contributed by atoms with Crippen molar-refractivity contribution in [3.63, 3.8) is 0 Å². The van der Waals surface area contributed by atoms with E-state index in [4.69, 9.17) is 9.47 Å². The molecule has 2 aromatic carbocycles. The van der Waals surface area contributed by atoms with Crippen LogP contribution in [0.2, 0.25) is 0 Å². The lowest BCUT2D eigenvalue weighted by molar-refractivity contribution is -0.128. The molecule has 6 heteroatoms. The largest absolute Gasteiger partial charge is 0.454 e. The van der Waals surface area contributed by atoms with Crippen LogP contribution in [0.4, 0.5) is 5.69 Å². The highest BCUT2D eigenvalue weighted by Gasteiger charge is 2.34. The Morgan fingerprint density at radius 3 is 2.85 bits per heavy atom. The van der Waals surface area contributed by atoms with Crippen LogP contribution in [0.5, 0.6) is 11.5 Å². The van der Waals surface area contributed by atoms with E-state index in [9.17, 15) is 9.59 Å². The Kier molecular flexibility index (Phi) is 4.48. The quantitative estimate of drug-likeness (QED) is 0.903. The lowest BCUT2D eigenvalue weighted by atomic mass is 10.1. The fraction of sp³-hybridized carbons (Fsp3) is 0.333. The maximum atomic E-state index is 12.6. The number of fused-ring (bicyclic) bond motifs is 1. The van der Waals surface area contributed by atoms with Gasteiger partial charge in [0.25, 0.3) is 0 Å². The lowest BCUT2D eigenvalue weighted by Crippen LogP contribution is -2.28. The molecule has 0 bridgehead atoms. The summed E-state index contributed by atoms with van der Waals surface area (Å²) in [6.07, 6.45) is 0.237. The molecule has 1 fully saturated rings. The average Bonchev–Trinajstić information content (AvgIpc) is 3.25. The van der Waals surface area contributed by atoms with Gasteiger partial charge in [-0.2, -0.15) is 0 Å². The van der Waals surface area contributed by atoms with Gasteiger partial charge in [0.15, 0.2) is 11.5 Å². The summed E-state index contributed by atoms with van der Waals surface area (Å²) in [5, 5.41) is 2.98. The van der Waals surface area contributed by atoms with E-state index in [0.717, 1.165) is 28.1 Å². The van der Waals surface area contributed by atoms with E-state index >= 15 is 0 Å². The second-order valence-electron chi connectivity index (χ2n) is 7.10. The smallest absolute Gasteiger partial charge is 0.231 e. The number of rotatable bonds is 4. The van der Waals surface area contributed by atoms with Gasteiger partial charge in [-0.3, -0.25) is 9.59 Å². The third kappa shape index (κ3) is 3.47. The SMILES string of the molecule is Cc1cccc(NC(=O)C2CC(=O)N(Cc3ccc4c(c3)OCO4)C2)c1C. The molecule has 2 amide bonds. The molecule has 2 aromatic rings. The summed E-state index contributed by atoms with van der Waals surface area (Å²) in [6, 6.07) is 11.5. The van der Waals surface area contributed by atoms with Crippen LogP contribution in [-0.2, 0) is 16.1 Å². The second kappa shape index (κ2) is 6.95. The van der Waals surface area contributed by atoms with Crippen molar-refractivity contribution in [1.29, 1.82) is 0 Å². The zero-order valence-electron chi connectivity index (χ0n) is 15.5.